The smallest absolute Gasteiger partial charge is 0.332 e. The topological polar surface area (TPSA) is 73.5 Å². The second kappa shape index (κ2) is 8.77. The van der Waals surface area contributed by atoms with Gasteiger partial charge in [-0.25, -0.2) is 9.59 Å². The van der Waals surface area contributed by atoms with E-state index < -0.39 is 12.1 Å². The molecule has 1 rings (SSSR count). The molecule has 0 radical (unpaired) electrons. The molecule has 1 aromatic carbocycles. The summed E-state index contributed by atoms with van der Waals surface area (Å²) < 4.78 is 0. The van der Waals surface area contributed by atoms with Gasteiger partial charge in [-0.1, -0.05) is 29.3 Å². The summed E-state index contributed by atoms with van der Waals surface area (Å²) in [6, 6.07) is 3.61. The highest BCUT2D eigenvalue weighted by Crippen LogP contribution is 2.30. The lowest BCUT2D eigenvalue weighted by Crippen LogP contribution is -2.52. The maximum atomic E-state index is 12.0. The maximum absolute atomic E-state index is 12.0. The number of amides is 4. The molecule has 0 bridgehead atoms. The van der Waals surface area contributed by atoms with Crippen molar-refractivity contribution in [3.63, 3.8) is 0 Å². The third-order valence-electron chi connectivity index (χ3n) is 2.46. The van der Waals surface area contributed by atoms with Crippen molar-refractivity contribution in [1.82, 2.24) is 15.5 Å². The van der Waals surface area contributed by atoms with Crippen molar-refractivity contribution in [3.05, 3.63) is 28.2 Å². The number of halogens is 2. The fourth-order valence-electron chi connectivity index (χ4n) is 1.52. The molecule has 6 nitrogen and oxygen atoms in total. The normalized spacial score (nSPS) is 9.82. The molecule has 0 fully saturated rings. The van der Waals surface area contributed by atoms with Gasteiger partial charge in [-0.3, -0.25) is 0 Å². The lowest BCUT2D eigenvalue weighted by Gasteiger charge is -2.23. The number of anilines is 1. The van der Waals surface area contributed by atoms with E-state index in [0.29, 0.717) is 28.8 Å². The third-order valence-corrected chi connectivity index (χ3v) is 3.37. The number of rotatable bonds is 3. The van der Waals surface area contributed by atoms with E-state index in [1.807, 2.05) is 0 Å². The summed E-state index contributed by atoms with van der Waals surface area (Å²) in [7, 11) is 0. The van der Waals surface area contributed by atoms with Crippen LogP contribution in [0.1, 0.15) is 13.8 Å². The molecule has 4 amide bonds. The van der Waals surface area contributed by atoms with Crippen molar-refractivity contribution in [3.8, 4) is 0 Å². The Labute approximate surface area is 144 Å². The number of hydrogen-bond donors (Lipinski definition) is 3. The van der Waals surface area contributed by atoms with Gasteiger partial charge in [0, 0.05) is 13.1 Å². The van der Waals surface area contributed by atoms with Gasteiger partial charge < -0.3 is 16.0 Å². The Bertz CT molecular complexity index is 545. The minimum absolute atomic E-state index is 0.132. The molecule has 0 aliphatic rings. The molecule has 120 valence electrons. The van der Waals surface area contributed by atoms with Crippen LogP contribution in [-0.4, -0.2) is 35.2 Å². The van der Waals surface area contributed by atoms with Gasteiger partial charge in [-0.2, -0.15) is 4.90 Å². The van der Waals surface area contributed by atoms with Gasteiger partial charge >= 0.3 is 12.1 Å². The number of imide groups is 1. The largest absolute Gasteiger partial charge is 0.337 e. The highest BCUT2D eigenvalue weighted by atomic mass is 35.5. The molecule has 22 heavy (non-hydrogen) atoms. The number of urea groups is 2. The molecule has 0 unspecified atom stereocenters. The molecule has 0 saturated heterocycles. The van der Waals surface area contributed by atoms with E-state index in [1.54, 1.807) is 32.0 Å². The first-order valence-corrected chi connectivity index (χ1v) is 7.69. The summed E-state index contributed by atoms with van der Waals surface area (Å²) in [6.45, 7) is 4.17. The zero-order valence-electron chi connectivity index (χ0n) is 12.1. The summed E-state index contributed by atoms with van der Waals surface area (Å²) in [5.74, 6) is 0. The summed E-state index contributed by atoms with van der Waals surface area (Å²) in [6.07, 6.45) is 0. The summed E-state index contributed by atoms with van der Waals surface area (Å²) in [5, 5.41) is 8.27. The second-order valence-corrected chi connectivity index (χ2v) is 5.23. The van der Waals surface area contributed by atoms with Crippen LogP contribution < -0.4 is 16.0 Å². The van der Waals surface area contributed by atoms with Gasteiger partial charge in [-0.15, -0.1) is 0 Å². The van der Waals surface area contributed by atoms with Crippen LogP contribution in [0.2, 0.25) is 10.0 Å². The van der Waals surface area contributed by atoms with E-state index in [2.05, 4.69) is 16.0 Å². The van der Waals surface area contributed by atoms with Crippen LogP contribution in [0.3, 0.4) is 0 Å². The van der Waals surface area contributed by atoms with Gasteiger partial charge in [0.15, 0.2) is 5.11 Å². The summed E-state index contributed by atoms with van der Waals surface area (Å²) in [4.78, 5) is 24.8. The van der Waals surface area contributed by atoms with Crippen molar-refractivity contribution in [2.24, 2.45) is 0 Å². The molecular formula is C13H16Cl2N4O2S. The Morgan fingerprint density at radius 1 is 1.09 bits per heavy atom. The molecular weight excluding hydrogens is 347 g/mol. The van der Waals surface area contributed by atoms with E-state index in [1.165, 1.54) is 0 Å². The Morgan fingerprint density at radius 2 is 1.55 bits per heavy atom. The summed E-state index contributed by atoms with van der Waals surface area (Å²) in [5.41, 5.74) is 0.328. The zero-order chi connectivity index (χ0) is 16.7. The van der Waals surface area contributed by atoms with Crippen LogP contribution in [-0.2, 0) is 0 Å². The number of carbonyl (C=O) groups excluding carboxylic acids is 2. The maximum Gasteiger partial charge on any atom is 0.332 e. The van der Waals surface area contributed by atoms with E-state index in [-0.39, 0.29) is 5.11 Å². The lowest BCUT2D eigenvalue weighted by atomic mass is 10.3. The van der Waals surface area contributed by atoms with Gasteiger partial charge in [0.1, 0.15) is 0 Å². The standard InChI is InChI=1S/C13H16Cl2N4O2S/c1-3-16-11(20)19(12(21)17-4-2)13(22)18-10-8(14)6-5-7-9(10)15/h5-7H,3-4H2,1-2H3,(H,16,20)(H,17,21)(H,18,22). The minimum Gasteiger partial charge on any atom is -0.337 e. The Balaban J connectivity index is 3.01. The van der Waals surface area contributed by atoms with Crippen LogP contribution in [0.15, 0.2) is 18.2 Å². The van der Waals surface area contributed by atoms with Gasteiger partial charge in [0.2, 0.25) is 0 Å². The number of nitrogens with zero attached hydrogens (tertiary/aromatic N) is 1. The predicted octanol–water partition coefficient (Wildman–Crippen LogP) is 3.45. The third kappa shape index (κ3) is 4.72. The minimum atomic E-state index is -0.644. The van der Waals surface area contributed by atoms with Crippen LogP contribution in [0.4, 0.5) is 15.3 Å². The zero-order valence-corrected chi connectivity index (χ0v) is 14.4. The molecule has 1 aromatic rings. The Morgan fingerprint density at radius 3 is 1.95 bits per heavy atom. The molecule has 9 heteroatoms. The van der Waals surface area contributed by atoms with Gasteiger partial charge in [-0.05, 0) is 38.2 Å². The van der Waals surface area contributed by atoms with Gasteiger partial charge in [0.25, 0.3) is 0 Å². The van der Waals surface area contributed by atoms with Gasteiger partial charge in [0.05, 0.1) is 15.7 Å². The van der Waals surface area contributed by atoms with Crippen molar-refractivity contribution >= 4 is 58.3 Å². The molecule has 0 heterocycles. The second-order valence-electron chi connectivity index (χ2n) is 4.03. The first kappa shape index (κ1) is 18.5. The van der Waals surface area contributed by atoms with Crippen molar-refractivity contribution in [2.45, 2.75) is 13.8 Å². The molecule has 0 spiro atoms. The number of thiocarbonyl (C=S) groups is 1. The molecule has 3 N–H and O–H groups in total. The van der Waals surface area contributed by atoms with Crippen LogP contribution in [0.25, 0.3) is 0 Å². The number of benzene rings is 1. The van der Waals surface area contributed by atoms with Crippen LogP contribution >= 0.6 is 35.4 Å². The van der Waals surface area contributed by atoms with Crippen LogP contribution in [0, 0.1) is 0 Å². The average molecular weight is 363 g/mol. The number of hydrogen-bond acceptors (Lipinski definition) is 3. The molecule has 0 aromatic heterocycles. The predicted molar refractivity (Wildman–Crippen MR) is 92.7 cm³/mol. The van der Waals surface area contributed by atoms with Crippen LogP contribution in [0.5, 0.6) is 0 Å². The van der Waals surface area contributed by atoms with E-state index >= 15 is 0 Å². The van der Waals surface area contributed by atoms with Crippen molar-refractivity contribution in [2.75, 3.05) is 18.4 Å². The van der Waals surface area contributed by atoms with Crippen molar-refractivity contribution in [1.29, 1.82) is 0 Å². The Kier molecular flexibility index (Phi) is 7.37. The van der Waals surface area contributed by atoms with E-state index in [0.717, 1.165) is 4.90 Å². The molecule has 0 saturated carbocycles. The fourth-order valence-corrected chi connectivity index (χ4v) is 2.28. The highest BCUT2D eigenvalue weighted by molar-refractivity contribution is 7.80. The Hall–Kier alpha value is -1.57. The number of para-hydroxylation sites is 1. The summed E-state index contributed by atoms with van der Waals surface area (Å²) >= 11 is 17.2. The van der Waals surface area contributed by atoms with E-state index in [4.69, 9.17) is 35.4 Å². The molecule has 0 atom stereocenters. The highest BCUT2D eigenvalue weighted by Gasteiger charge is 2.26. The lowest BCUT2D eigenvalue weighted by molar-refractivity contribution is 0.206. The number of carbonyl (C=O) groups is 2. The average Bonchev–Trinajstić information content (AvgIpc) is 2.44. The molecule has 0 aliphatic carbocycles. The quantitative estimate of drug-likeness (QED) is 0.720. The van der Waals surface area contributed by atoms with E-state index in [9.17, 15) is 9.59 Å². The molecule has 0 aliphatic heterocycles. The first-order chi connectivity index (χ1) is 10.4. The SMILES string of the molecule is CCNC(=O)N(C(=O)NCC)C(=S)Nc1c(Cl)cccc1Cl. The van der Waals surface area contributed by atoms with Crippen molar-refractivity contribution < 1.29 is 9.59 Å². The fraction of sp³-hybridized carbons (Fsp3) is 0.308. The number of nitrogens with one attached hydrogen (secondary N) is 3. The monoisotopic (exact) mass is 362 g/mol. The first-order valence-electron chi connectivity index (χ1n) is 6.53.